The van der Waals surface area contributed by atoms with Crippen molar-refractivity contribution in [1.29, 1.82) is 0 Å². The van der Waals surface area contributed by atoms with Crippen molar-refractivity contribution in [3.8, 4) is 0 Å². The molecule has 0 spiro atoms. The molecule has 2 amide bonds. The van der Waals surface area contributed by atoms with Gasteiger partial charge in [-0.1, -0.05) is 15.9 Å². The standard InChI is InChI=1S/C14H16BrFN2O5/c1-3-22-12(19)11(13(20)23-4-2)18-14(21)17-10-6-5-8(15)7-9(10)16/h5-7,11H,3-4H2,1-2H3,(H2,17,18,21). The maximum Gasteiger partial charge on any atom is 0.340 e. The fourth-order valence-electron chi connectivity index (χ4n) is 1.55. The number of esters is 2. The largest absolute Gasteiger partial charge is 0.464 e. The third-order valence-electron chi connectivity index (χ3n) is 2.50. The maximum absolute atomic E-state index is 13.7. The van der Waals surface area contributed by atoms with Gasteiger partial charge in [-0.3, -0.25) is 0 Å². The minimum atomic E-state index is -1.63. The Morgan fingerprint density at radius 2 is 1.74 bits per heavy atom. The summed E-state index contributed by atoms with van der Waals surface area (Å²) in [6.45, 7) is 3.16. The van der Waals surface area contributed by atoms with Gasteiger partial charge in [0, 0.05) is 4.47 Å². The lowest BCUT2D eigenvalue weighted by Crippen LogP contribution is -2.49. The van der Waals surface area contributed by atoms with Crippen molar-refractivity contribution in [2.24, 2.45) is 0 Å². The van der Waals surface area contributed by atoms with E-state index in [1.807, 2.05) is 0 Å². The molecule has 0 unspecified atom stereocenters. The lowest BCUT2D eigenvalue weighted by molar-refractivity contribution is -0.157. The van der Waals surface area contributed by atoms with Crippen LogP contribution in [0.5, 0.6) is 0 Å². The maximum atomic E-state index is 13.7. The van der Waals surface area contributed by atoms with Crippen LogP contribution >= 0.6 is 15.9 Å². The van der Waals surface area contributed by atoms with Crippen molar-refractivity contribution in [1.82, 2.24) is 5.32 Å². The van der Waals surface area contributed by atoms with Gasteiger partial charge >= 0.3 is 18.0 Å². The molecule has 0 aliphatic heterocycles. The van der Waals surface area contributed by atoms with Gasteiger partial charge in [0.15, 0.2) is 0 Å². The zero-order valence-electron chi connectivity index (χ0n) is 12.5. The minimum absolute atomic E-state index is 0.0272. The Bertz CT molecular complexity index is 579. The number of carbonyl (C=O) groups is 3. The van der Waals surface area contributed by atoms with E-state index in [2.05, 4.69) is 26.6 Å². The normalized spacial score (nSPS) is 10.1. The number of halogens is 2. The van der Waals surface area contributed by atoms with Crippen LogP contribution in [-0.4, -0.2) is 37.2 Å². The van der Waals surface area contributed by atoms with Crippen molar-refractivity contribution >= 4 is 39.6 Å². The molecule has 1 aromatic carbocycles. The van der Waals surface area contributed by atoms with E-state index < -0.39 is 29.8 Å². The SMILES string of the molecule is CCOC(=O)C(NC(=O)Nc1ccc(Br)cc1F)C(=O)OCC. The highest BCUT2D eigenvalue weighted by atomic mass is 79.9. The molecule has 0 fully saturated rings. The van der Waals surface area contributed by atoms with Gasteiger partial charge in [0.2, 0.25) is 6.04 Å². The molecule has 0 bridgehead atoms. The second-order valence-corrected chi connectivity index (χ2v) is 5.08. The number of rotatable bonds is 6. The van der Waals surface area contributed by atoms with E-state index in [1.54, 1.807) is 13.8 Å². The number of anilines is 1. The van der Waals surface area contributed by atoms with Crippen LogP contribution in [0.15, 0.2) is 22.7 Å². The second kappa shape index (κ2) is 9.09. The summed E-state index contributed by atoms with van der Waals surface area (Å²) in [6.07, 6.45) is 0. The summed E-state index contributed by atoms with van der Waals surface area (Å²) in [5, 5.41) is 4.30. The molecule has 1 rings (SSSR count). The Balaban J connectivity index is 2.79. The summed E-state index contributed by atoms with van der Waals surface area (Å²) in [5.41, 5.74) is -0.114. The molecule has 0 saturated carbocycles. The van der Waals surface area contributed by atoms with Crippen molar-refractivity contribution in [3.63, 3.8) is 0 Å². The first-order valence-electron chi connectivity index (χ1n) is 6.74. The molecule has 7 nitrogen and oxygen atoms in total. The van der Waals surface area contributed by atoms with Crippen LogP contribution in [0.4, 0.5) is 14.9 Å². The molecule has 0 aliphatic carbocycles. The van der Waals surface area contributed by atoms with Gasteiger partial charge in [-0.25, -0.2) is 18.8 Å². The van der Waals surface area contributed by atoms with Crippen molar-refractivity contribution < 1.29 is 28.2 Å². The third-order valence-corrected chi connectivity index (χ3v) is 2.99. The Morgan fingerprint density at radius 3 is 2.22 bits per heavy atom. The quantitative estimate of drug-likeness (QED) is 0.573. The summed E-state index contributed by atoms with van der Waals surface area (Å²) in [4.78, 5) is 35.3. The topological polar surface area (TPSA) is 93.7 Å². The number of carbonyl (C=O) groups excluding carboxylic acids is 3. The smallest absolute Gasteiger partial charge is 0.340 e. The highest BCUT2D eigenvalue weighted by Gasteiger charge is 2.31. The molecule has 126 valence electrons. The first-order valence-corrected chi connectivity index (χ1v) is 7.54. The van der Waals surface area contributed by atoms with Gasteiger partial charge in [-0.05, 0) is 32.0 Å². The van der Waals surface area contributed by atoms with Crippen molar-refractivity contribution in [2.75, 3.05) is 18.5 Å². The Morgan fingerprint density at radius 1 is 1.17 bits per heavy atom. The van der Waals surface area contributed by atoms with Gasteiger partial charge in [0.25, 0.3) is 0 Å². The van der Waals surface area contributed by atoms with Crippen LogP contribution < -0.4 is 10.6 Å². The lowest BCUT2D eigenvalue weighted by atomic mass is 10.3. The summed E-state index contributed by atoms with van der Waals surface area (Å²) in [6, 6.07) is 1.42. The zero-order valence-corrected chi connectivity index (χ0v) is 14.1. The predicted molar refractivity (Wildman–Crippen MR) is 83.3 cm³/mol. The lowest BCUT2D eigenvalue weighted by Gasteiger charge is -2.16. The van der Waals surface area contributed by atoms with Crippen LogP contribution in [-0.2, 0) is 19.1 Å². The molecule has 9 heteroatoms. The van der Waals surface area contributed by atoms with E-state index in [1.165, 1.54) is 12.1 Å². The van der Waals surface area contributed by atoms with Gasteiger partial charge in [0.05, 0.1) is 18.9 Å². The molecular weight excluding hydrogens is 375 g/mol. The first kappa shape index (κ1) is 18.9. The van der Waals surface area contributed by atoms with Crippen molar-refractivity contribution in [3.05, 3.63) is 28.5 Å². The molecule has 0 saturated heterocycles. The average Bonchev–Trinajstić information content (AvgIpc) is 2.48. The fraction of sp³-hybridized carbons (Fsp3) is 0.357. The summed E-state index contributed by atoms with van der Waals surface area (Å²) < 4.78 is 23.5. The summed E-state index contributed by atoms with van der Waals surface area (Å²) in [5.74, 6) is -2.60. The molecular formula is C14H16BrFN2O5. The van der Waals surface area contributed by atoms with Gasteiger partial charge < -0.3 is 20.1 Å². The first-order chi connectivity index (χ1) is 10.9. The third kappa shape index (κ3) is 5.85. The van der Waals surface area contributed by atoms with E-state index in [4.69, 9.17) is 9.47 Å². The Hall–Kier alpha value is -2.16. The molecule has 0 aromatic heterocycles. The molecule has 0 heterocycles. The highest BCUT2D eigenvalue weighted by molar-refractivity contribution is 9.10. The zero-order chi connectivity index (χ0) is 17.4. The van der Waals surface area contributed by atoms with E-state index in [0.29, 0.717) is 4.47 Å². The second-order valence-electron chi connectivity index (χ2n) is 4.16. The molecule has 0 radical (unpaired) electrons. The minimum Gasteiger partial charge on any atom is -0.464 e. The molecule has 0 aliphatic rings. The van der Waals surface area contributed by atoms with E-state index in [9.17, 15) is 18.8 Å². The molecule has 0 atom stereocenters. The molecule has 2 N–H and O–H groups in total. The monoisotopic (exact) mass is 390 g/mol. The number of urea groups is 1. The number of hydrogen-bond acceptors (Lipinski definition) is 5. The molecule has 1 aromatic rings. The van der Waals surface area contributed by atoms with Crippen LogP contribution in [0.2, 0.25) is 0 Å². The van der Waals surface area contributed by atoms with Crippen LogP contribution in [0, 0.1) is 5.82 Å². The Kier molecular flexibility index (Phi) is 7.46. The Labute approximate surface area is 140 Å². The highest BCUT2D eigenvalue weighted by Crippen LogP contribution is 2.19. The van der Waals surface area contributed by atoms with Crippen LogP contribution in [0.1, 0.15) is 13.8 Å². The van der Waals surface area contributed by atoms with E-state index >= 15 is 0 Å². The predicted octanol–water partition coefficient (Wildman–Crippen LogP) is 2.20. The van der Waals surface area contributed by atoms with E-state index in [0.717, 1.165) is 6.07 Å². The molecule has 23 heavy (non-hydrogen) atoms. The fourth-order valence-corrected chi connectivity index (χ4v) is 1.88. The van der Waals surface area contributed by atoms with E-state index in [-0.39, 0.29) is 18.9 Å². The number of hydrogen-bond donors (Lipinski definition) is 2. The van der Waals surface area contributed by atoms with Gasteiger partial charge in [-0.15, -0.1) is 0 Å². The van der Waals surface area contributed by atoms with Crippen LogP contribution in [0.25, 0.3) is 0 Å². The average molecular weight is 391 g/mol. The summed E-state index contributed by atoms with van der Waals surface area (Å²) >= 11 is 3.08. The summed E-state index contributed by atoms with van der Waals surface area (Å²) in [7, 11) is 0. The number of benzene rings is 1. The van der Waals surface area contributed by atoms with Gasteiger partial charge in [0.1, 0.15) is 5.82 Å². The van der Waals surface area contributed by atoms with Gasteiger partial charge in [-0.2, -0.15) is 0 Å². The number of ether oxygens (including phenoxy) is 2. The number of amides is 2. The number of nitrogens with one attached hydrogen (secondary N) is 2. The van der Waals surface area contributed by atoms with Crippen molar-refractivity contribution in [2.45, 2.75) is 19.9 Å². The van der Waals surface area contributed by atoms with Crippen LogP contribution in [0.3, 0.4) is 0 Å².